The molecule has 0 heterocycles. The molecule has 1 fully saturated rings. The number of benzene rings is 1. The first-order valence-corrected chi connectivity index (χ1v) is 5.99. The van der Waals surface area contributed by atoms with E-state index in [9.17, 15) is 4.79 Å². The van der Waals surface area contributed by atoms with Crippen molar-refractivity contribution in [2.75, 3.05) is 14.2 Å². The Morgan fingerprint density at radius 2 is 2.00 bits per heavy atom. The lowest BCUT2D eigenvalue weighted by molar-refractivity contribution is 0.244. The molecule has 0 aliphatic heterocycles. The standard InChI is InChI=1S/C14H17NO3/c1-10-7-11(17-2)8-12(18-3)13(10)14(15-9-16)5-4-6-14/h7-8H,4-6H2,1-3H3. The molecule has 1 saturated carbocycles. The number of hydrogen-bond acceptors (Lipinski definition) is 4. The number of rotatable bonds is 4. The van der Waals surface area contributed by atoms with E-state index < -0.39 is 5.54 Å². The molecule has 0 spiro atoms. The maximum Gasteiger partial charge on any atom is 0.235 e. The maximum atomic E-state index is 10.7. The summed E-state index contributed by atoms with van der Waals surface area (Å²) < 4.78 is 10.7. The molecule has 0 atom stereocenters. The molecule has 18 heavy (non-hydrogen) atoms. The zero-order valence-corrected chi connectivity index (χ0v) is 10.9. The Labute approximate surface area is 107 Å². The number of aliphatic imine (C=N–C) groups is 1. The van der Waals surface area contributed by atoms with Crippen molar-refractivity contribution < 1.29 is 14.3 Å². The molecule has 96 valence electrons. The molecular weight excluding hydrogens is 230 g/mol. The molecule has 1 aliphatic carbocycles. The summed E-state index contributed by atoms with van der Waals surface area (Å²) in [5.41, 5.74) is 1.58. The van der Waals surface area contributed by atoms with E-state index in [1.807, 2.05) is 19.1 Å². The Balaban J connectivity index is 2.59. The number of nitrogens with zero attached hydrogens (tertiary/aromatic N) is 1. The second kappa shape index (κ2) is 4.83. The monoisotopic (exact) mass is 247 g/mol. The molecule has 0 radical (unpaired) electrons. The quantitative estimate of drug-likeness (QED) is 0.607. The van der Waals surface area contributed by atoms with Gasteiger partial charge in [-0.25, -0.2) is 4.79 Å². The van der Waals surface area contributed by atoms with Crippen molar-refractivity contribution in [3.8, 4) is 11.5 Å². The van der Waals surface area contributed by atoms with E-state index in [0.29, 0.717) is 0 Å². The van der Waals surface area contributed by atoms with Crippen LogP contribution in [0.5, 0.6) is 11.5 Å². The van der Waals surface area contributed by atoms with Gasteiger partial charge in [-0.15, -0.1) is 0 Å². The number of isocyanates is 1. The van der Waals surface area contributed by atoms with Crippen LogP contribution in [0.1, 0.15) is 30.4 Å². The van der Waals surface area contributed by atoms with Crippen LogP contribution in [-0.4, -0.2) is 20.3 Å². The molecule has 0 saturated heterocycles. The molecule has 4 nitrogen and oxygen atoms in total. The lowest BCUT2D eigenvalue weighted by atomic mass is 9.70. The van der Waals surface area contributed by atoms with Gasteiger partial charge in [0.05, 0.1) is 14.2 Å². The van der Waals surface area contributed by atoms with Gasteiger partial charge in [0.2, 0.25) is 6.08 Å². The fourth-order valence-corrected chi connectivity index (χ4v) is 2.61. The van der Waals surface area contributed by atoms with Crippen molar-refractivity contribution in [1.82, 2.24) is 0 Å². The van der Waals surface area contributed by atoms with Gasteiger partial charge < -0.3 is 9.47 Å². The first-order chi connectivity index (χ1) is 8.66. The van der Waals surface area contributed by atoms with E-state index in [0.717, 1.165) is 41.9 Å². The lowest BCUT2D eigenvalue weighted by Gasteiger charge is -2.39. The summed E-state index contributed by atoms with van der Waals surface area (Å²) in [5, 5.41) is 0. The fraction of sp³-hybridized carbons (Fsp3) is 0.500. The van der Waals surface area contributed by atoms with Gasteiger partial charge in [0.25, 0.3) is 0 Å². The molecule has 0 bridgehead atoms. The summed E-state index contributed by atoms with van der Waals surface area (Å²) in [6, 6.07) is 3.78. The van der Waals surface area contributed by atoms with Crippen LogP contribution < -0.4 is 9.47 Å². The fourth-order valence-electron chi connectivity index (χ4n) is 2.61. The first kappa shape index (κ1) is 12.7. The predicted octanol–water partition coefficient (Wildman–Crippen LogP) is 2.73. The molecule has 2 rings (SSSR count). The molecule has 1 aliphatic rings. The molecular formula is C14H17NO3. The van der Waals surface area contributed by atoms with E-state index in [4.69, 9.17) is 9.47 Å². The highest BCUT2D eigenvalue weighted by Gasteiger charge is 2.42. The van der Waals surface area contributed by atoms with Gasteiger partial charge in [-0.05, 0) is 37.8 Å². The SMILES string of the molecule is COc1cc(C)c(C2(N=C=O)CCC2)c(OC)c1. The predicted molar refractivity (Wildman–Crippen MR) is 67.9 cm³/mol. The normalized spacial score (nSPS) is 16.4. The van der Waals surface area contributed by atoms with Crippen LogP contribution >= 0.6 is 0 Å². The minimum absolute atomic E-state index is 0.441. The minimum Gasteiger partial charge on any atom is -0.497 e. The van der Waals surface area contributed by atoms with E-state index in [-0.39, 0.29) is 0 Å². The van der Waals surface area contributed by atoms with E-state index in [1.165, 1.54) is 0 Å². The summed E-state index contributed by atoms with van der Waals surface area (Å²) >= 11 is 0. The molecule has 0 aromatic heterocycles. The van der Waals surface area contributed by atoms with E-state index >= 15 is 0 Å². The zero-order chi connectivity index (χ0) is 13.2. The Morgan fingerprint density at radius 1 is 1.28 bits per heavy atom. The maximum absolute atomic E-state index is 10.7. The van der Waals surface area contributed by atoms with Crippen molar-refractivity contribution in [1.29, 1.82) is 0 Å². The third-order valence-electron chi connectivity index (χ3n) is 3.63. The Kier molecular flexibility index (Phi) is 3.39. The van der Waals surface area contributed by atoms with Crippen molar-refractivity contribution in [2.24, 2.45) is 4.99 Å². The number of aryl methyl sites for hydroxylation is 1. The Bertz CT molecular complexity index is 500. The summed E-state index contributed by atoms with van der Waals surface area (Å²) in [6.07, 6.45) is 4.51. The number of carbonyl (C=O) groups excluding carboxylic acids is 1. The van der Waals surface area contributed by atoms with Crippen molar-refractivity contribution in [3.63, 3.8) is 0 Å². The van der Waals surface area contributed by atoms with Gasteiger partial charge in [-0.2, -0.15) is 4.99 Å². The highest BCUT2D eigenvalue weighted by molar-refractivity contribution is 5.52. The average Bonchev–Trinajstić information content (AvgIpc) is 2.33. The van der Waals surface area contributed by atoms with E-state index in [2.05, 4.69) is 4.99 Å². The second-order valence-corrected chi connectivity index (χ2v) is 4.61. The van der Waals surface area contributed by atoms with Gasteiger partial charge >= 0.3 is 0 Å². The molecule has 0 N–H and O–H groups in total. The largest absolute Gasteiger partial charge is 0.497 e. The smallest absolute Gasteiger partial charge is 0.235 e. The van der Waals surface area contributed by atoms with Gasteiger partial charge in [0, 0.05) is 11.6 Å². The Hall–Kier alpha value is -1.80. The van der Waals surface area contributed by atoms with Crippen LogP contribution in [0.25, 0.3) is 0 Å². The highest BCUT2D eigenvalue weighted by Crippen LogP contribution is 2.50. The number of hydrogen-bond donors (Lipinski definition) is 0. The van der Waals surface area contributed by atoms with Crippen LogP contribution in [0, 0.1) is 6.92 Å². The second-order valence-electron chi connectivity index (χ2n) is 4.61. The Morgan fingerprint density at radius 3 is 2.44 bits per heavy atom. The van der Waals surface area contributed by atoms with Crippen LogP contribution in [0.3, 0.4) is 0 Å². The van der Waals surface area contributed by atoms with Gasteiger partial charge in [-0.1, -0.05) is 0 Å². The van der Waals surface area contributed by atoms with Crippen LogP contribution in [0.2, 0.25) is 0 Å². The molecule has 0 unspecified atom stereocenters. The molecule has 1 aromatic carbocycles. The summed E-state index contributed by atoms with van der Waals surface area (Å²) in [4.78, 5) is 14.7. The summed E-state index contributed by atoms with van der Waals surface area (Å²) in [5.74, 6) is 1.48. The van der Waals surface area contributed by atoms with Gasteiger partial charge in [0.1, 0.15) is 17.0 Å². The van der Waals surface area contributed by atoms with Crippen molar-refractivity contribution in [2.45, 2.75) is 31.7 Å². The van der Waals surface area contributed by atoms with Crippen LogP contribution in [0.15, 0.2) is 17.1 Å². The molecule has 0 amide bonds. The molecule has 4 heteroatoms. The van der Waals surface area contributed by atoms with Crippen molar-refractivity contribution >= 4 is 6.08 Å². The highest BCUT2D eigenvalue weighted by atomic mass is 16.5. The van der Waals surface area contributed by atoms with Crippen molar-refractivity contribution in [3.05, 3.63) is 23.3 Å². The molecule has 1 aromatic rings. The number of methoxy groups -OCH3 is 2. The third kappa shape index (κ3) is 1.89. The van der Waals surface area contributed by atoms with E-state index in [1.54, 1.807) is 20.3 Å². The van der Waals surface area contributed by atoms with Gasteiger partial charge in [-0.3, -0.25) is 0 Å². The van der Waals surface area contributed by atoms with Crippen LogP contribution in [0.4, 0.5) is 0 Å². The van der Waals surface area contributed by atoms with Gasteiger partial charge in [0.15, 0.2) is 0 Å². The third-order valence-corrected chi connectivity index (χ3v) is 3.63. The minimum atomic E-state index is -0.441. The topological polar surface area (TPSA) is 47.9 Å². The average molecular weight is 247 g/mol. The van der Waals surface area contributed by atoms with Crippen LogP contribution in [-0.2, 0) is 10.3 Å². The zero-order valence-electron chi connectivity index (χ0n) is 10.9. The lowest BCUT2D eigenvalue weighted by Crippen LogP contribution is -2.33. The number of ether oxygens (including phenoxy) is 2. The summed E-state index contributed by atoms with van der Waals surface area (Å²) in [6.45, 7) is 1.99. The summed E-state index contributed by atoms with van der Waals surface area (Å²) in [7, 11) is 3.24. The first-order valence-electron chi connectivity index (χ1n) is 5.99.